The second kappa shape index (κ2) is 4.89. The van der Waals surface area contributed by atoms with Crippen LogP contribution in [0, 0.1) is 0 Å². The van der Waals surface area contributed by atoms with Crippen LogP contribution in [0.25, 0.3) is 0 Å². The van der Waals surface area contributed by atoms with Crippen LogP contribution < -0.4 is 5.32 Å². The molecule has 0 aromatic carbocycles. The summed E-state index contributed by atoms with van der Waals surface area (Å²) < 4.78 is 3.92. The van der Waals surface area contributed by atoms with Gasteiger partial charge in [0.15, 0.2) is 5.82 Å². The Bertz CT molecular complexity index is 444. The Kier molecular flexibility index (Phi) is 3.31. The van der Waals surface area contributed by atoms with E-state index in [1.54, 1.807) is 6.33 Å². The van der Waals surface area contributed by atoms with Crippen molar-refractivity contribution in [3.8, 4) is 0 Å². The maximum Gasteiger partial charge on any atom is 0.152 e. The predicted molar refractivity (Wildman–Crippen MR) is 59.7 cm³/mol. The highest BCUT2D eigenvalue weighted by molar-refractivity contribution is 4.98. The maximum absolute atomic E-state index is 4.31. The number of hydrogen-bond acceptors (Lipinski definition) is 4. The van der Waals surface area contributed by atoms with Crippen molar-refractivity contribution in [3.63, 3.8) is 0 Å². The maximum atomic E-state index is 4.31. The second-order valence-electron chi connectivity index (χ2n) is 3.68. The fourth-order valence-corrected chi connectivity index (χ4v) is 1.45. The quantitative estimate of drug-likeness (QED) is 0.780. The molecular weight excluding hydrogens is 204 g/mol. The number of nitrogens with one attached hydrogen (secondary N) is 1. The van der Waals surface area contributed by atoms with E-state index in [4.69, 9.17) is 0 Å². The lowest BCUT2D eigenvalue weighted by Crippen LogP contribution is -2.11. The number of imidazole rings is 1. The van der Waals surface area contributed by atoms with Crippen molar-refractivity contribution in [2.45, 2.75) is 20.0 Å². The third kappa shape index (κ3) is 2.46. The van der Waals surface area contributed by atoms with Crippen molar-refractivity contribution in [3.05, 3.63) is 30.4 Å². The van der Waals surface area contributed by atoms with Gasteiger partial charge in [-0.1, -0.05) is 6.92 Å². The molecule has 6 heteroatoms. The number of aryl methyl sites for hydroxylation is 1. The second-order valence-corrected chi connectivity index (χ2v) is 3.68. The highest BCUT2D eigenvalue weighted by Gasteiger charge is 2.03. The summed E-state index contributed by atoms with van der Waals surface area (Å²) in [7, 11) is 1.94. The summed E-state index contributed by atoms with van der Waals surface area (Å²) in [6.45, 7) is 4.55. The van der Waals surface area contributed by atoms with Crippen LogP contribution in [0.5, 0.6) is 0 Å². The standard InChI is InChI=1S/C10H16N6/c1-3-11-4-9-5-16(7-12-9)6-10-14-13-8-15(10)2/h5,7-8,11H,3-4,6H2,1-2H3. The van der Waals surface area contributed by atoms with Crippen LogP contribution in [-0.2, 0) is 20.1 Å². The molecular formula is C10H16N6. The molecule has 0 aliphatic heterocycles. The molecule has 0 atom stereocenters. The Morgan fingerprint density at radius 2 is 2.25 bits per heavy atom. The van der Waals surface area contributed by atoms with Crippen molar-refractivity contribution in [1.29, 1.82) is 0 Å². The number of rotatable bonds is 5. The van der Waals surface area contributed by atoms with Crippen molar-refractivity contribution < 1.29 is 0 Å². The SMILES string of the molecule is CCNCc1cn(Cc2nncn2C)cn1. The van der Waals surface area contributed by atoms with E-state index in [1.807, 2.05) is 28.7 Å². The molecule has 1 N–H and O–H groups in total. The molecule has 0 aliphatic rings. The van der Waals surface area contributed by atoms with Crippen LogP contribution in [0.15, 0.2) is 18.9 Å². The highest BCUT2D eigenvalue weighted by atomic mass is 15.3. The first-order valence-corrected chi connectivity index (χ1v) is 5.34. The summed E-state index contributed by atoms with van der Waals surface area (Å²) >= 11 is 0. The molecule has 0 saturated carbocycles. The normalized spacial score (nSPS) is 10.9. The monoisotopic (exact) mass is 220 g/mol. The number of nitrogens with zero attached hydrogens (tertiary/aromatic N) is 5. The third-order valence-electron chi connectivity index (χ3n) is 2.37. The van der Waals surface area contributed by atoms with Crippen LogP contribution in [0.1, 0.15) is 18.4 Å². The summed E-state index contributed by atoms with van der Waals surface area (Å²) in [6.07, 6.45) is 5.55. The van der Waals surface area contributed by atoms with Crippen LogP contribution >= 0.6 is 0 Å². The van der Waals surface area contributed by atoms with Crippen molar-refractivity contribution in [1.82, 2.24) is 29.6 Å². The van der Waals surface area contributed by atoms with Crippen molar-refractivity contribution >= 4 is 0 Å². The van der Waals surface area contributed by atoms with Gasteiger partial charge in [-0.05, 0) is 6.54 Å². The molecule has 0 fully saturated rings. The minimum atomic E-state index is 0.704. The Labute approximate surface area is 94.3 Å². The van der Waals surface area contributed by atoms with Gasteiger partial charge in [0.05, 0.1) is 18.6 Å². The van der Waals surface area contributed by atoms with E-state index in [9.17, 15) is 0 Å². The van der Waals surface area contributed by atoms with E-state index in [0.29, 0.717) is 6.54 Å². The Morgan fingerprint density at radius 3 is 2.94 bits per heavy atom. The van der Waals surface area contributed by atoms with E-state index < -0.39 is 0 Å². The molecule has 2 rings (SSSR count). The molecule has 2 heterocycles. The summed E-state index contributed by atoms with van der Waals surface area (Å²) in [5, 5.41) is 11.1. The number of aromatic nitrogens is 5. The fourth-order valence-electron chi connectivity index (χ4n) is 1.45. The summed E-state index contributed by atoms with van der Waals surface area (Å²) in [4.78, 5) is 4.31. The zero-order chi connectivity index (χ0) is 11.4. The van der Waals surface area contributed by atoms with Crippen LogP contribution in [0.2, 0.25) is 0 Å². The van der Waals surface area contributed by atoms with Crippen LogP contribution in [0.3, 0.4) is 0 Å². The summed E-state index contributed by atoms with van der Waals surface area (Å²) in [6, 6.07) is 0. The molecule has 16 heavy (non-hydrogen) atoms. The Morgan fingerprint density at radius 1 is 1.38 bits per heavy atom. The molecule has 2 aromatic heterocycles. The topological polar surface area (TPSA) is 60.6 Å². The molecule has 0 spiro atoms. The molecule has 2 aromatic rings. The number of hydrogen-bond donors (Lipinski definition) is 1. The minimum absolute atomic E-state index is 0.704. The molecule has 0 saturated heterocycles. The van der Waals surface area contributed by atoms with Gasteiger partial charge < -0.3 is 14.5 Å². The zero-order valence-corrected chi connectivity index (χ0v) is 9.59. The van der Waals surface area contributed by atoms with Gasteiger partial charge in [0.2, 0.25) is 0 Å². The van der Waals surface area contributed by atoms with E-state index in [1.165, 1.54) is 0 Å². The van der Waals surface area contributed by atoms with Crippen molar-refractivity contribution in [2.75, 3.05) is 6.54 Å². The van der Waals surface area contributed by atoms with Gasteiger partial charge in [-0.2, -0.15) is 0 Å². The lowest BCUT2D eigenvalue weighted by Gasteiger charge is -2.00. The van der Waals surface area contributed by atoms with E-state index >= 15 is 0 Å². The average molecular weight is 220 g/mol. The first-order chi connectivity index (χ1) is 7.79. The molecule has 0 bridgehead atoms. The lowest BCUT2D eigenvalue weighted by molar-refractivity contribution is 0.691. The van der Waals surface area contributed by atoms with Gasteiger partial charge in [-0.25, -0.2) is 4.98 Å². The Balaban J connectivity index is 2.00. The lowest BCUT2D eigenvalue weighted by atomic mass is 10.4. The van der Waals surface area contributed by atoms with Gasteiger partial charge in [0.1, 0.15) is 6.33 Å². The molecule has 0 radical (unpaired) electrons. The van der Waals surface area contributed by atoms with Gasteiger partial charge in [0.25, 0.3) is 0 Å². The third-order valence-corrected chi connectivity index (χ3v) is 2.37. The molecule has 0 aliphatic carbocycles. The molecule has 0 unspecified atom stereocenters. The van der Waals surface area contributed by atoms with Gasteiger partial charge >= 0.3 is 0 Å². The van der Waals surface area contributed by atoms with Gasteiger partial charge in [0, 0.05) is 19.8 Å². The first kappa shape index (κ1) is 10.8. The molecule has 6 nitrogen and oxygen atoms in total. The largest absolute Gasteiger partial charge is 0.329 e. The smallest absolute Gasteiger partial charge is 0.152 e. The van der Waals surface area contributed by atoms with Crippen LogP contribution in [0.4, 0.5) is 0 Å². The predicted octanol–water partition coefficient (Wildman–Crippen LogP) is 0.169. The summed E-state index contributed by atoms with van der Waals surface area (Å²) in [5.74, 6) is 0.924. The van der Waals surface area contributed by atoms with Crippen molar-refractivity contribution in [2.24, 2.45) is 7.05 Å². The van der Waals surface area contributed by atoms with E-state index in [2.05, 4.69) is 27.4 Å². The Hall–Kier alpha value is -1.69. The minimum Gasteiger partial charge on any atom is -0.329 e. The molecule has 0 amide bonds. The molecule has 86 valence electrons. The van der Waals surface area contributed by atoms with E-state index in [0.717, 1.165) is 24.6 Å². The van der Waals surface area contributed by atoms with Gasteiger partial charge in [-0.3, -0.25) is 0 Å². The summed E-state index contributed by atoms with van der Waals surface area (Å²) in [5.41, 5.74) is 1.05. The van der Waals surface area contributed by atoms with Crippen LogP contribution in [-0.4, -0.2) is 30.9 Å². The fraction of sp³-hybridized carbons (Fsp3) is 0.500. The average Bonchev–Trinajstić information content (AvgIpc) is 2.87. The highest BCUT2D eigenvalue weighted by Crippen LogP contribution is 2.00. The van der Waals surface area contributed by atoms with Gasteiger partial charge in [-0.15, -0.1) is 10.2 Å². The zero-order valence-electron chi connectivity index (χ0n) is 9.59. The van der Waals surface area contributed by atoms with E-state index in [-0.39, 0.29) is 0 Å². The first-order valence-electron chi connectivity index (χ1n) is 5.34.